The van der Waals surface area contributed by atoms with E-state index in [1.807, 2.05) is 19.1 Å². The fourth-order valence-corrected chi connectivity index (χ4v) is 4.54. The third-order valence-corrected chi connectivity index (χ3v) is 6.41. The number of hydrogen-bond acceptors (Lipinski definition) is 7. The quantitative estimate of drug-likeness (QED) is 0.288. The van der Waals surface area contributed by atoms with Gasteiger partial charge < -0.3 is 16.4 Å². The summed E-state index contributed by atoms with van der Waals surface area (Å²) in [6.07, 6.45) is 7.24. The van der Waals surface area contributed by atoms with Gasteiger partial charge in [0, 0.05) is 71.6 Å². The van der Waals surface area contributed by atoms with Gasteiger partial charge in [0.2, 0.25) is 5.91 Å². The predicted octanol–water partition coefficient (Wildman–Crippen LogP) is 3.33. The molecule has 180 valence electrons. The number of aromatic amines is 1. The van der Waals surface area contributed by atoms with E-state index in [2.05, 4.69) is 35.9 Å². The van der Waals surface area contributed by atoms with E-state index in [1.165, 1.54) is 0 Å². The number of hydrogen-bond donors (Lipinski definition) is 4. The Morgan fingerprint density at radius 3 is 2.81 bits per heavy atom. The molecule has 0 saturated heterocycles. The number of halogens is 1. The van der Waals surface area contributed by atoms with Crippen LogP contribution in [0.15, 0.2) is 49.1 Å². The van der Waals surface area contributed by atoms with E-state index in [1.54, 1.807) is 41.6 Å². The molecule has 1 amide bonds. The standard InChI is InChI=1S/C25H22FN9O/c1-13-17(9-28-10-18(13)20-3-5-31-33-20)16-6-14-7-21(30-11-19(14)25(27)24(16)26)32-22-8-15-2-4-29-23(36)12-35(15)34-22/h3,5-11H,2,4,12,27H2,1H3,(H,29,36)(H,31,33)(H,30,32,34). The Labute approximate surface area is 204 Å². The number of amides is 1. The smallest absolute Gasteiger partial charge is 0.241 e. The number of nitrogens with one attached hydrogen (secondary N) is 3. The molecule has 1 aliphatic rings. The number of anilines is 3. The number of H-pyrrole nitrogens is 1. The van der Waals surface area contributed by atoms with Crippen molar-refractivity contribution in [3.63, 3.8) is 0 Å². The van der Waals surface area contributed by atoms with Crippen LogP contribution in [0.5, 0.6) is 0 Å². The predicted molar refractivity (Wildman–Crippen MR) is 134 cm³/mol. The van der Waals surface area contributed by atoms with Gasteiger partial charge in [-0.1, -0.05) is 0 Å². The molecule has 0 spiro atoms. The first-order valence-corrected chi connectivity index (χ1v) is 11.4. The number of nitrogen functional groups attached to an aromatic ring is 1. The lowest BCUT2D eigenvalue weighted by molar-refractivity contribution is -0.121. The Hall–Kier alpha value is -4.80. The average molecular weight is 484 g/mol. The lowest BCUT2D eigenvalue weighted by Crippen LogP contribution is -2.25. The van der Waals surface area contributed by atoms with Crippen LogP contribution in [0.2, 0.25) is 0 Å². The molecule has 0 unspecified atom stereocenters. The molecular formula is C25H22FN9O. The van der Waals surface area contributed by atoms with Crippen molar-refractivity contribution in [1.29, 1.82) is 0 Å². The number of carbonyl (C=O) groups excluding carboxylic acids is 1. The Kier molecular flexibility index (Phi) is 5.10. The summed E-state index contributed by atoms with van der Waals surface area (Å²) < 4.78 is 17.1. The number of benzene rings is 1. The van der Waals surface area contributed by atoms with Gasteiger partial charge >= 0.3 is 0 Å². The molecule has 36 heavy (non-hydrogen) atoms. The summed E-state index contributed by atoms with van der Waals surface area (Å²) >= 11 is 0. The summed E-state index contributed by atoms with van der Waals surface area (Å²) in [4.78, 5) is 20.6. The van der Waals surface area contributed by atoms with Gasteiger partial charge in [-0.25, -0.2) is 9.37 Å². The van der Waals surface area contributed by atoms with Crippen LogP contribution in [0.4, 0.5) is 21.7 Å². The van der Waals surface area contributed by atoms with E-state index < -0.39 is 5.82 Å². The first kappa shape index (κ1) is 21.7. The lowest BCUT2D eigenvalue weighted by Gasteiger charge is -2.14. The van der Waals surface area contributed by atoms with Crippen molar-refractivity contribution in [2.24, 2.45) is 0 Å². The van der Waals surface area contributed by atoms with E-state index >= 15 is 4.39 Å². The zero-order chi connectivity index (χ0) is 24.8. The van der Waals surface area contributed by atoms with Crippen LogP contribution in [0.3, 0.4) is 0 Å². The van der Waals surface area contributed by atoms with Crippen molar-refractivity contribution >= 4 is 34.0 Å². The summed E-state index contributed by atoms with van der Waals surface area (Å²) in [6, 6.07) is 7.28. The molecule has 1 aliphatic heterocycles. The molecule has 0 fully saturated rings. The first-order chi connectivity index (χ1) is 17.5. The van der Waals surface area contributed by atoms with Crippen LogP contribution in [0, 0.1) is 12.7 Å². The Morgan fingerprint density at radius 1 is 1.11 bits per heavy atom. The first-order valence-electron chi connectivity index (χ1n) is 11.4. The van der Waals surface area contributed by atoms with Crippen LogP contribution in [-0.4, -0.2) is 42.4 Å². The third kappa shape index (κ3) is 3.70. The molecule has 0 aliphatic carbocycles. The van der Waals surface area contributed by atoms with Crippen LogP contribution < -0.4 is 16.4 Å². The minimum Gasteiger partial charge on any atom is -0.396 e. The minimum absolute atomic E-state index is 0.0209. The molecule has 5 N–H and O–H groups in total. The third-order valence-electron chi connectivity index (χ3n) is 6.41. The topological polar surface area (TPSA) is 139 Å². The van der Waals surface area contributed by atoms with Crippen LogP contribution in [-0.2, 0) is 17.8 Å². The molecule has 5 aromatic rings. The zero-order valence-corrected chi connectivity index (χ0v) is 19.3. The highest BCUT2D eigenvalue weighted by atomic mass is 19.1. The maximum Gasteiger partial charge on any atom is 0.241 e. The van der Waals surface area contributed by atoms with Gasteiger partial charge in [0.25, 0.3) is 0 Å². The number of pyridine rings is 2. The Morgan fingerprint density at radius 2 is 1.97 bits per heavy atom. The Balaban J connectivity index is 1.39. The van der Waals surface area contributed by atoms with Crippen LogP contribution in [0.25, 0.3) is 33.2 Å². The molecule has 0 radical (unpaired) electrons. The van der Waals surface area contributed by atoms with E-state index in [0.717, 1.165) is 22.5 Å². The summed E-state index contributed by atoms with van der Waals surface area (Å²) in [5, 5.41) is 18.7. The molecule has 0 atom stereocenters. The largest absolute Gasteiger partial charge is 0.396 e. The molecule has 1 aromatic carbocycles. The highest BCUT2D eigenvalue weighted by molar-refractivity contribution is 5.98. The average Bonchev–Trinajstić information content (AvgIpc) is 3.49. The van der Waals surface area contributed by atoms with Crippen molar-refractivity contribution in [1.82, 2.24) is 35.3 Å². The molecular weight excluding hydrogens is 461 g/mol. The second-order valence-corrected chi connectivity index (χ2v) is 8.68. The second kappa shape index (κ2) is 8.45. The number of aromatic nitrogens is 6. The van der Waals surface area contributed by atoms with Gasteiger partial charge in [0.1, 0.15) is 12.4 Å². The molecule has 5 heterocycles. The highest BCUT2D eigenvalue weighted by Gasteiger charge is 2.19. The summed E-state index contributed by atoms with van der Waals surface area (Å²) in [7, 11) is 0. The summed E-state index contributed by atoms with van der Waals surface area (Å²) in [5.74, 6) is 0.513. The normalized spacial score (nSPS) is 13.3. The number of rotatable bonds is 4. The summed E-state index contributed by atoms with van der Waals surface area (Å²) in [6.45, 7) is 2.66. The number of nitrogens with two attached hydrogens (primary N) is 1. The molecule has 6 rings (SSSR count). The van der Waals surface area contributed by atoms with Crippen molar-refractivity contribution in [2.75, 3.05) is 17.6 Å². The maximum atomic E-state index is 15.5. The van der Waals surface area contributed by atoms with E-state index in [-0.39, 0.29) is 18.1 Å². The molecule has 0 bridgehead atoms. The van der Waals surface area contributed by atoms with Gasteiger partial charge in [0.05, 0.1) is 11.4 Å². The fourth-order valence-electron chi connectivity index (χ4n) is 4.54. The van der Waals surface area contributed by atoms with Gasteiger partial charge in [-0.3, -0.25) is 19.6 Å². The van der Waals surface area contributed by atoms with Crippen LogP contribution >= 0.6 is 0 Å². The minimum atomic E-state index is -0.521. The van der Waals surface area contributed by atoms with Crippen molar-refractivity contribution in [3.8, 4) is 22.4 Å². The highest BCUT2D eigenvalue weighted by Crippen LogP contribution is 2.37. The Bertz CT molecular complexity index is 1620. The monoisotopic (exact) mass is 483 g/mol. The molecule has 11 heteroatoms. The number of fused-ring (bicyclic) bond motifs is 2. The number of nitrogens with zero attached hydrogens (tertiary/aromatic N) is 5. The summed E-state index contributed by atoms with van der Waals surface area (Å²) in [5.41, 5.74) is 10.6. The van der Waals surface area contributed by atoms with Gasteiger partial charge in [-0.05, 0) is 36.1 Å². The van der Waals surface area contributed by atoms with Crippen molar-refractivity contribution in [3.05, 3.63) is 66.1 Å². The molecule has 0 saturated carbocycles. The molecule has 10 nitrogen and oxygen atoms in total. The van der Waals surface area contributed by atoms with E-state index in [4.69, 9.17) is 5.73 Å². The van der Waals surface area contributed by atoms with Gasteiger partial charge in [-0.15, -0.1) is 0 Å². The lowest BCUT2D eigenvalue weighted by atomic mass is 9.95. The SMILES string of the molecule is Cc1c(-c2ccn[nH]2)cncc1-c1cc2cc(Nc3cc4n(n3)CC(=O)NCC4)ncc2c(N)c1F. The fraction of sp³-hybridized carbons (Fsp3) is 0.160. The van der Waals surface area contributed by atoms with E-state index in [0.29, 0.717) is 46.5 Å². The van der Waals surface area contributed by atoms with Crippen LogP contribution in [0.1, 0.15) is 11.3 Å². The number of carbonyl (C=O) groups is 1. The van der Waals surface area contributed by atoms with E-state index in [9.17, 15) is 4.79 Å². The van der Waals surface area contributed by atoms with Gasteiger partial charge in [0.15, 0.2) is 11.6 Å². The molecule has 4 aromatic heterocycles. The maximum absolute atomic E-state index is 15.5. The van der Waals surface area contributed by atoms with Gasteiger partial charge in [-0.2, -0.15) is 10.2 Å². The van der Waals surface area contributed by atoms with Crippen molar-refractivity contribution < 1.29 is 9.18 Å². The van der Waals surface area contributed by atoms with Crippen molar-refractivity contribution in [2.45, 2.75) is 19.9 Å². The second-order valence-electron chi connectivity index (χ2n) is 8.68. The zero-order valence-electron chi connectivity index (χ0n) is 19.3.